The molecule has 29 heteroatoms. The zero-order valence-electron chi connectivity index (χ0n) is 22.1. The minimum absolute atomic E-state index is 0. The largest absolute Gasteiger partial charge is 0.810 e. The molecule has 0 amide bonds. The first-order valence-electron chi connectivity index (χ1n) is 8.17. The number of hydrogen-bond donors (Lipinski definition) is 6. The molecule has 0 aromatic carbocycles. The predicted octanol–water partition coefficient (Wildman–Crippen LogP) is -6.49. The average Bonchev–Trinajstić information content (AvgIpc) is 2.41. The van der Waals surface area contributed by atoms with Crippen molar-refractivity contribution >= 4 is 38.0 Å². The summed E-state index contributed by atoms with van der Waals surface area (Å²) in [4.78, 5) is 111. The molecule has 24 nitrogen and oxygen atoms in total. The van der Waals surface area contributed by atoms with E-state index in [1.165, 1.54) is 0 Å². The monoisotopic (exact) mass is 671 g/mol. The molecule has 0 aromatic rings. The van der Waals surface area contributed by atoms with Gasteiger partial charge in [0.1, 0.15) is 0 Å². The third-order valence-electron chi connectivity index (χ3n) is 3.33. The van der Waals surface area contributed by atoms with Gasteiger partial charge in [-0.25, -0.2) is 0 Å². The molecule has 0 aliphatic rings. The highest BCUT2D eigenvalue weighted by molar-refractivity contribution is 7.50. The normalized spacial score (nSPS) is 12.3. The van der Waals surface area contributed by atoms with E-state index in [1.54, 1.807) is 0 Å². The van der Waals surface area contributed by atoms with Crippen LogP contribution in [0, 0.1) is 0 Å². The number of hydrogen-bond acceptors (Lipinski definition) is 18. The molecule has 38 heavy (non-hydrogen) atoms. The van der Waals surface area contributed by atoms with Crippen molar-refractivity contribution in [1.82, 2.24) is 51.6 Å². The summed E-state index contributed by atoms with van der Waals surface area (Å²) in [6.07, 6.45) is -7.03. The molecule has 0 heterocycles. The second kappa shape index (κ2) is 21.1. The minimum Gasteiger partial charge on any atom is -0.810 e. The summed E-state index contributed by atoms with van der Waals surface area (Å²) in [6, 6.07) is 0. The second-order valence-corrected chi connectivity index (χ2v) is 14.2. The molecule has 0 bridgehead atoms. The van der Waals surface area contributed by atoms with Gasteiger partial charge in [-0.15, -0.1) is 0 Å². The lowest BCUT2D eigenvalue weighted by atomic mass is 10.4. The maximum atomic E-state index is 11.1. The zero-order valence-corrected chi connectivity index (χ0v) is 26.5. The maximum Gasteiger partial charge on any atom is 0.0264 e. The molecule has 0 aliphatic heterocycles. The lowest BCUT2D eigenvalue weighted by Crippen LogP contribution is -2.45. The zero-order chi connectivity index (χ0) is 25.6. The molecule has 0 radical (unpaired) electrons. The first-order chi connectivity index (χ1) is 13.9. The van der Waals surface area contributed by atoms with Crippen LogP contribution in [0.1, 0.15) is 0 Å². The summed E-state index contributed by atoms with van der Waals surface area (Å²) in [6.45, 7) is -2.82. The van der Waals surface area contributed by atoms with E-state index in [9.17, 15) is 71.8 Å². The smallest absolute Gasteiger partial charge is 0.0264 e. The van der Waals surface area contributed by atoms with Crippen molar-refractivity contribution in [1.29, 1.82) is 0 Å². The molecule has 0 fully saturated rings. The average molecular weight is 671 g/mol. The van der Waals surface area contributed by atoms with E-state index in [-0.39, 0.29) is 36.9 Å². The fourth-order valence-electron chi connectivity index (χ4n) is 2.42. The van der Waals surface area contributed by atoms with E-state index in [1.807, 2.05) is 0 Å². The third-order valence-corrected chi connectivity index (χ3v) is 7.06. The van der Waals surface area contributed by atoms with Gasteiger partial charge in [0.05, 0.1) is 0 Å². The van der Waals surface area contributed by atoms with E-state index in [4.69, 9.17) is 0 Å². The molecule has 0 saturated carbocycles. The van der Waals surface area contributed by atoms with Crippen LogP contribution >= 0.6 is 38.0 Å². The Labute approximate surface area is 219 Å². The van der Waals surface area contributed by atoms with E-state index >= 15 is 0 Å². The molecular weight excluding hydrogens is 629 g/mol. The van der Waals surface area contributed by atoms with Gasteiger partial charge in [0.2, 0.25) is 0 Å². The van der Waals surface area contributed by atoms with E-state index < -0.39 is 95.6 Å². The first kappa shape index (κ1) is 54.5. The molecule has 0 unspecified atom stereocenters. The van der Waals surface area contributed by atoms with E-state index in [0.29, 0.717) is 14.7 Å². The van der Waals surface area contributed by atoms with Crippen LogP contribution in [-0.4, -0.2) is 72.3 Å². The molecule has 0 rings (SSSR count). The van der Waals surface area contributed by atoms with Crippen molar-refractivity contribution in [2.45, 2.75) is 0 Å². The van der Waals surface area contributed by atoms with Gasteiger partial charge >= 0.3 is 0 Å². The minimum atomic E-state index is -5.37. The van der Waals surface area contributed by atoms with Crippen molar-refractivity contribution in [3.8, 4) is 0 Å². The van der Waals surface area contributed by atoms with E-state index in [0.717, 1.165) is 0 Å². The van der Waals surface area contributed by atoms with Gasteiger partial charge in [0, 0.05) is 57.6 Å². The molecule has 0 aromatic heterocycles. The molecular formula is C9H42N9O15P5-4. The van der Waals surface area contributed by atoms with Crippen LogP contribution < -0.4 is 85.8 Å². The summed E-state index contributed by atoms with van der Waals surface area (Å²) < 4.78 is 54.6. The second-order valence-electron chi connectivity index (χ2n) is 6.67. The van der Waals surface area contributed by atoms with Crippen LogP contribution in [0.4, 0.5) is 0 Å². The Kier molecular flexibility index (Phi) is 30.3. The number of quaternary nitrogens is 6. The van der Waals surface area contributed by atoms with Gasteiger partial charge in [0.15, 0.2) is 0 Å². The van der Waals surface area contributed by atoms with Crippen molar-refractivity contribution in [3.63, 3.8) is 0 Å². The fourth-order valence-corrected chi connectivity index (χ4v) is 6.43. The topological polar surface area (TPSA) is 545 Å². The Bertz CT molecular complexity index is 736. The van der Waals surface area contributed by atoms with Crippen LogP contribution in [0.3, 0.4) is 0 Å². The molecule has 0 atom stereocenters. The van der Waals surface area contributed by atoms with Gasteiger partial charge in [-0.2, -0.15) is 0 Å². The number of rotatable bonds is 16. The van der Waals surface area contributed by atoms with Gasteiger partial charge in [0.25, 0.3) is 0 Å². The lowest BCUT2D eigenvalue weighted by molar-refractivity contribution is -0.321. The van der Waals surface area contributed by atoms with Crippen molar-refractivity contribution in [2.75, 3.05) is 57.6 Å². The highest BCUT2D eigenvalue weighted by atomic mass is 31.2. The summed E-state index contributed by atoms with van der Waals surface area (Å²) in [7, 11) is -26.8. The van der Waals surface area contributed by atoms with Gasteiger partial charge in [-0.1, -0.05) is 38.0 Å². The highest BCUT2D eigenvalue weighted by Gasteiger charge is 2.16. The maximum absolute atomic E-state index is 11.1. The summed E-state index contributed by atoms with van der Waals surface area (Å²) >= 11 is 0. The summed E-state index contributed by atoms with van der Waals surface area (Å²) in [5.41, 5.74) is 0. The van der Waals surface area contributed by atoms with Crippen molar-refractivity contribution in [3.05, 3.63) is 0 Å². The SMILES string of the molecule is O=P([O-])([O-])CN(CCN(CP(=O)([O-])[O-])CP(=O)([O-])[O-])CCN(CP(=O)([O-])[O-])CP(=O)([O-])[O-].[NH4+].[NH4+].[NH4+].[NH4+].[NH4+].[NH4+]. The van der Waals surface area contributed by atoms with Crippen LogP contribution in [0.2, 0.25) is 0 Å². The van der Waals surface area contributed by atoms with Crippen LogP contribution in [0.5, 0.6) is 0 Å². The first-order valence-corrected chi connectivity index (χ1v) is 16.8. The van der Waals surface area contributed by atoms with Crippen molar-refractivity contribution < 1.29 is 71.8 Å². The van der Waals surface area contributed by atoms with E-state index in [2.05, 4.69) is 0 Å². The van der Waals surface area contributed by atoms with Gasteiger partial charge < -0.3 is 109 Å². The Morgan fingerprint density at radius 1 is 0.316 bits per heavy atom. The van der Waals surface area contributed by atoms with Gasteiger partial charge in [-0.05, 0) is 0 Å². The van der Waals surface area contributed by atoms with Crippen molar-refractivity contribution in [2.24, 2.45) is 0 Å². The summed E-state index contributed by atoms with van der Waals surface area (Å²) in [5, 5.41) is 0. The third kappa shape index (κ3) is 36.4. The standard InChI is InChI=1S/C9H28N3O15P5.6H3N/c13-28(14,15)5-10(1-3-11(6-29(16,17)18)7-30(19,20)21)2-4-12(8-31(22,23)24)9-32(25,26)27;;;;;;/h1-9H2,(H2,13,14,15)(H2,16,17,18)(H2,19,20,21)(H2,22,23,24)(H2,25,26,27);6*1H3/p-4. The fraction of sp³-hybridized carbons (Fsp3) is 1.00. The Morgan fingerprint density at radius 3 is 0.605 bits per heavy atom. The molecule has 0 saturated heterocycles. The van der Waals surface area contributed by atoms with Crippen LogP contribution in [0.25, 0.3) is 0 Å². The number of nitrogens with zero attached hydrogens (tertiary/aromatic N) is 3. The Morgan fingerprint density at radius 2 is 0.447 bits per heavy atom. The van der Waals surface area contributed by atoms with Crippen LogP contribution in [-0.2, 0) is 22.8 Å². The van der Waals surface area contributed by atoms with Gasteiger partial charge in [-0.3, -0.25) is 14.7 Å². The Hall–Kier alpha value is 0.390. The predicted molar refractivity (Wildman–Crippen MR) is 123 cm³/mol. The molecule has 24 N–H and O–H groups in total. The highest BCUT2D eigenvalue weighted by Crippen LogP contribution is 2.32. The van der Waals surface area contributed by atoms with Crippen LogP contribution in [0.15, 0.2) is 0 Å². The molecule has 242 valence electrons. The molecule has 0 aliphatic carbocycles. The lowest BCUT2D eigenvalue weighted by Gasteiger charge is -2.43. The summed E-state index contributed by atoms with van der Waals surface area (Å²) in [5.74, 6) is 0. The quantitative estimate of drug-likeness (QED) is 0.0830. The Balaban J connectivity index is -0.000000320. The molecule has 0 spiro atoms.